The third-order valence-electron chi connectivity index (χ3n) is 5.71. The quantitative estimate of drug-likeness (QED) is 0.874. The number of carbonyl (C=O) groups is 1. The van der Waals surface area contributed by atoms with Crippen molar-refractivity contribution < 1.29 is 4.79 Å². The molecule has 1 aromatic carbocycles. The van der Waals surface area contributed by atoms with E-state index in [0.29, 0.717) is 6.04 Å². The van der Waals surface area contributed by atoms with E-state index in [1.165, 1.54) is 36.1 Å². The van der Waals surface area contributed by atoms with Crippen LogP contribution in [0, 0.1) is 6.92 Å². The molecule has 0 bridgehead atoms. The molecular formula is C21H27N3O. The summed E-state index contributed by atoms with van der Waals surface area (Å²) in [6.45, 7) is 3.75. The highest BCUT2D eigenvalue weighted by atomic mass is 16.2. The van der Waals surface area contributed by atoms with E-state index in [0.717, 1.165) is 25.9 Å². The van der Waals surface area contributed by atoms with Gasteiger partial charge in [0.2, 0.25) is 0 Å². The van der Waals surface area contributed by atoms with Crippen molar-refractivity contribution in [1.82, 2.24) is 14.8 Å². The number of rotatable bonds is 2. The highest BCUT2D eigenvalue weighted by Gasteiger charge is 2.33. The Kier molecular flexibility index (Phi) is 4.51. The Balaban J connectivity index is 1.64. The van der Waals surface area contributed by atoms with E-state index in [2.05, 4.69) is 59.4 Å². The van der Waals surface area contributed by atoms with Crippen LogP contribution in [0.4, 0.5) is 4.79 Å². The second kappa shape index (κ2) is 6.95. The molecule has 0 radical (unpaired) electrons. The molecule has 1 aliphatic heterocycles. The Hall–Kier alpha value is -2.23. The summed E-state index contributed by atoms with van der Waals surface area (Å²) in [5, 5.41) is 3.31. The van der Waals surface area contributed by atoms with Crippen LogP contribution in [0.5, 0.6) is 0 Å². The van der Waals surface area contributed by atoms with E-state index in [9.17, 15) is 4.79 Å². The number of urea groups is 1. The van der Waals surface area contributed by atoms with Crippen molar-refractivity contribution in [2.45, 2.75) is 57.7 Å². The van der Waals surface area contributed by atoms with Crippen LogP contribution < -0.4 is 5.32 Å². The maximum atomic E-state index is 13.1. The van der Waals surface area contributed by atoms with Crippen LogP contribution >= 0.6 is 0 Å². The van der Waals surface area contributed by atoms with Gasteiger partial charge in [0.15, 0.2) is 0 Å². The third-order valence-corrected chi connectivity index (χ3v) is 5.71. The third kappa shape index (κ3) is 3.17. The maximum Gasteiger partial charge on any atom is 0.318 e. The summed E-state index contributed by atoms with van der Waals surface area (Å²) in [6.07, 6.45) is 8.12. The second-order valence-corrected chi connectivity index (χ2v) is 7.36. The Labute approximate surface area is 149 Å². The molecule has 1 fully saturated rings. The monoisotopic (exact) mass is 337 g/mol. The molecule has 1 atom stereocenters. The van der Waals surface area contributed by atoms with Gasteiger partial charge in [-0.25, -0.2) is 4.79 Å². The number of nitrogens with zero attached hydrogens (tertiary/aromatic N) is 2. The topological polar surface area (TPSA) is 37.3 Å². The summed E-state index contributed by atoms with van der Waals surface area (Å²) in [5.41, 5.74) is 3.66. The lowest BCUT2D eigenvalue weighted by Gasteiger charge is -2.39. The van der Waals surface area contributed by atoms with E-state index in [1.807, 2.05) is 4.90 Å². The molecule has 1 N–H and O–H groups in total. The van der Waals surface area contributed by atoms with Crippen LogP contribution in [-0.4, -0.2) is 28.1 Å². The number of hydrogen-bond acceptors (Lipinski definition) is 1. The van der Waals surface area contributed by atoms with E-state index in [-0.39, 0.29) is 12.1 Å². The normalized spacial score (nSPS) is 21.0. The molecule has 25 heavy (non-hydrogen) atoms. The number of aromatic nitrogens is 1. The first-order valence-corrected chi connectivity index (χ1v) is 9.52. The summed E-state index contributed by atoms with van der Waals surface area (Å²) < 4.78 is 2.28. The molecule has 1 aliphatic carbocycles. The molecule has 132 valence electrons. The lowest BCUT2D eigenvalue weighted by molar-refractivity contribution is 0.162. The summed E-state index contributed by atoms with van der Waals surface area (Å²) >= 11 is 0. The standard InChI is InChI=1S/C21H27N3O/c1-16-8-5-6-11-18(16)20-19-12-7-13-23(19)14-15-24(20)21(25)22-17-9-3-2-4-10-17/h5-8,11-13,17,20H,2-4,9-10,14-15H2,1H3,(H,22,25)/t20-/m0/s1. The van der Waals surface area contributed by atoms with Crippen molar-refractivity contribution in [3.05, 3.63) is 59.4 Å². The van der Waals surface area contributed by atoms with Gasteiger partial charge in [0.25, 0.3) is 0 Å². The zero-order chi connectivity index (χ0) is 17.2. The molecule has 4 nitrogen and oxygen atoms in total. The zero-order valence-corrected chi connectivity index (χ0v) is 14.9. The summed E-state index contributed by atoms with van der Waals surface area (Å²) in [5.74, 6) is 0. The van der Waals surface area contributed by atoms with Crippen molar-refractivity contribution in [2.75, 3.05) is 6.54 Å². The minimum Gasteiger partial charge on any atom is -0.348 e. The Morgan fingerprint density at radius 2 is 1.84 bits per heavy atom. The SMILES string of the molecule is Cc1ccccc1[C@H]1c2cccn2CCN1C(=O)NC1CCCCC1. The largest absolute Gasteiger partial charge is 0.348 e. The number of nitrogens with one attached hydrogen (secondary N) is 1. The Morgan fingerprint density at radius 1 is 1.04 bits per heavy atom. The summed E-state index contributed by atoms with van der Waals surface area (Å²) in [7, 11) is 0. The van der Waals surface area contributed by atoms with Crippen molar-refractivity contribution in [1.29, 1.82) is 0 Å². The molecule has 2 heterocycles. The zero-order valence-electron chi connectivity index (χ0n) is 14.9. The van der Waals surface area contributed by atoms with Crippen molar-refractivity contribution in [3.8, 4) is 0 Å². The fourth-order valence-electron chi connectivity index (χ4n) is 4.33. The van der Waals surface area contributed by atoms with Crippen molar-refractivity contribution in [2.24, 2.45) is 0 Å². The summed E-state index contributed by atoms with van der Waals surface area (Å²) in [6, 6.07) is 13.1. The molecule has 4 heteroatoms. The van der Waals surface area contributed by atoms with Crippen LogP contribution in [-0.2, 0) is 6.54 Å². The molecule has 2 aliphatic rings. The van der Waals surface area contributed by atoms with Gasteiger partial charge in [-0.05, 0) is 43.0 Å². The van der Waals surface area contributed by atoms with E-state index in [1.54, 1.807) is 0 Å². The molecule has 0 saturated heterocycles. The van der Waals surface area contributed by atoms with Crippen LogP contribution in [0.1, 0.15) is 55.0 Å². The second-order valence-electron chi connectivity index (χ2n) is 7.36. The Morgan fingerprint density at radius 3 is 2.64 bits per heavy atom. The van der Waals surface area contributed by atoms with Gasteiger partial charge in [0.05, 0.1) is 6.04 Å². The fourth-order valence-corrected chi connectivity index (χ4v) is 4.33. The van der Waals surface area contributed by atoms with Gasteiger partial charge in [0.1, 0.15) is 0 Å². The number of hydrogen-bond donors (Lipinski definition) is 1. The molecule has 0 spiro atoms. The number of fused-ring (bicyclic) bond motifs is 1. The number of aryl methyl sites for hydroxylation is 1. The van der Waals surface area contributed by atoms with Crippen LogP contribution in [0.2, 0.25) is 0 Å². The average Bonchev–Trinajstić information content (AvgIpc) is 3.11. The summed E-state index contributed by atoms with van der Waals surface area (Å²) in [4.78, 5) is 15.1. The average molecular weight is 337 g/mol. The number of carbonyl (C=O) groups excluding carboxylic acids is 1. The fraction of sp³-hybridized carbons (Fsp3) is 0.476. The molecule has 0 unspecified atom stereocenters. The minimum atomic E-state index is -0.00598. The smallest absolute Gasteiger partial charge is 0.318 e. The molecule has 2 aromatic rings. The van der Waals surface area contributed by atoms with Crippen LogP contribution in [0.15, 0.2) is 42.6 Å². The van der Waals surface area contributed by atoms with E-state index in [4.69, 9.17) is 0 Å². The number of benzene rings is 1. The first-order valence-electron chi connectivity index (χ1n) is 9.52. The first-order chi connectivity index (χ1) is 12.2. The highest BCUT2D eigenvalue weighted by molar-refractivity contribution is 5.76. The predicted octanol–water partition coefficient (Wildman–Crippen LogP) is 4.24. The molecule has 4 rings (SSSR count). The highest BCUT2D eigenvalue weighted by Crippen LogP contribution is 2.34. The Bertz CT molecular complexity index is 745. The molecular weight excluding hydrogens is 310 g/mol. The van der Waals surface area contributed by atoms with Gasteiger partial charge < -0.3 is 14.8 Å². The van der Waals surface area contributed by atoms with Gasteiger partial charge in [-0.15, -0.1) is 0 Å². The van der Waals surface area contributed by atoms with Crippen molar-refractivity contribution in [3.63, 3.8) is 0 Å². The van der Waals surface area contributed by atoms with Crippen LogP contribution in [0.3, 0.4) is 0 Å². The molecule has 1 saturated carbocycles. The minimum absolute atomic E-state index is 0.00598. The lowest BCUT2D eigenvalue weighted by Crippen LogP contribution is -2.50. The molecule has 2 amide bonds. The maximum absolute atomic E-state index is 13.1. The van der Waals surface area contributed by atoms with E-state index < -0.39 is 0 Å². The van der Waals surface area contributed by atoms with Crippen LogP contribution in [0.25, 0.3) is 0 Å². The molecule has 1 aromatic heterocycles. The predicted molar refractivity (Wildman–Crippen MR) is 99.6 cm³/mol. The van der Waals surface area contributed by atoms with Gasteiger partial charge in [-0.2, -0.15) is 0 Å². The van der Waals surface area contributed by atoms with Crippen molar-refractivity contribution >= 4 is 6.03 Å². The van der Waals surface area contributed by atoms with E-state index >= 15 is 0 Å². The van der Waals surface area contributed by atoms with Gasteiger partial charge in [-0.3, -0.25) is 0 Å². The lowest BCUT2D eigenvalue weighted by atomic mass is 9.95. The van der Waals surface area contributed by atoms with Gasteiger partial charge in [0, 0.05) is 31.0 Å². The van der Waals surface area contributed by atoms with Gasteiger partial charge >= 0.3 is 6.03 Å². The first kappa shape index (κ1) is 16.2. The number of amides is 2. The van der Waals surface area contributed by atoms with Gasteiger partial charge in [-0.1, -0.05) is 43.5 Å².